The lowest BCUT2D eigenvalue weighted by molar-refractivity contribution is 0.0922. The molecule has 4 rings (SSSR count). The fourth-order valence-electron chi connectivity index (χ4n) is 3.64. The van der Waals surface area contributed by atoms with Crippen molar-refractivity contribution in [1.82, 2.24) is 20.1 Å². The quantitative estimate of drug-likeness (QED) is 0.787. The van der Waals surface area contributed by atoms with Gasteiger partial charge in [0.1, 0.15) is 5.82 Å². The van der Waals surface area contributed by atoms with Crippen LogP contribution in [-0.4, -0.2) is 20.7 Å². The van der Waals surface area contributed by atoms with Crippen molar-refractivity contribution in [3.8, 4) is 5.69 Å². The van der Waals surface area contributed by atoms with Crippen molar-refractivity contribution in [2.75, 3.05) is 0 Å². The predicted molar refractivity (Wildman–Crippen MR) is 100 cm³/mol. The molecule has 3 aromatic rings. The molecule has 132 valence electrons. The number of hydrogen-bond acceptors (Lipinski definition) is 3. The predicted octanol–water partition coefficient (Wildman–Crippen LogP) is 3.69. The second-order valence-corrected chi connectivity index (χ2v) is 6.80. The zero-order valence-corrected chi connectivity index (χ0v) is 15.1. The fraction of sp³-hybridized carbons (Fsp3) is 0.286. The van der Waals surface area contributed by atoms with Crippen LogP contribution in [0, 0.1) is 13.8 Å². The Morgan fingerprint density at radius 2 is 1.88 bits per heavy atom. The van der Waals surface area contributed by atoms with Gasteiger partial charge < -0.3 is 5.32 Å². The van der Waals surface area contributed by atoms with Gasteiger partial charge in [0.15, 0.2) is 0 Å². The smallest absolute Gasteiger partial charge is 0.291 e. The number of fused-ring (bicyclic) bond motifs is 1. The van der Waals surface area contributed by atoms with Crippen LogP contribution in [0.5, 0.6) is 0 Å². The number of amides is 1. The van der Waals surface area contributed by atoms with Crippen molar-refractivity contribution < 1.29 is 4.79 Å². The minimum absolute atomic E-state index is 0.0261. The normalized spacial score (nSPS) is 16.2. The Bertz CT molecular complexity index is 960. The summed E-state index contributed by atoms with van der Waals surface area (Å²) < 4.78 is 1.74. The van der Waals surface area contributed by atoms with Gasteiger partial charge in [-0.1, -0.05) is 42.5 Å². The van der Waals surface area contributed by atoms with E-state index in [0.29, 0.717) is 5.82 Å². The Labute approximate surface area is 153 Å². The maximum Gasteiger partial charge on any atom is 0.291 e. The van der Waals surface area contributed by atoms with Gasteiger partial charge in [-0.05, 0) is 55.9 Å². The van der Waals surface area contributed by atoms with Crippen molar-refractivity contribution in [3.05, 3.63) is 76.9 Å². The summed E-state index contributed by atoms with van der Waals surface area (Å²) in [6.07, 6.45) is 3.09. The molecule has 1 amide bonds. The van der Waals surface area contributed by atoms with Gasteiger partial charge in [0.2, 0.25) is 5.82 Å². The van der Waals surface area contributed by atoms with Crippen LogP contribution in [-0.2, 0) is 6.42 Å². The number of para-hydroxylation sites is 1. The maximum absolute atomic E-state index is 12.8. The van der Waals surface area contributed by atoms with Crippen molar-refractivity contribution in [1.29, 1.82) is 0 Å². The van der Waals surface area contributed by atoms with E-state index in [1.54, 1.807) is 4.68 Å². The van der Waals surface area contributed by atoms with E-state index < -0.39 is 0 Å². The molecule has 1 N–H and O–H groups in total. The zero-order valence-electron chi connectivity index (χ0n) is 15.1. The summed E-state index contributed by atoms with van der Waals surface area (Å²) in [5, 5.41) is 7.58. The topological polar surface area (TPSA) is 59.8 Å². The fourth-order valence-corrected chi connectivity index (χ4v) is 3.64. The van der Waals surface area contributed by atoms with E-state index in [1.807, 2.05) is 44.2 Å². The lowest BCUT2D eigenvalue weighted by atomic mass is 9.88. The number of nitrogens with zero attached hydrogens (tertiary/aromatic N) is 3. The van der Waals surface area contributed by atoms with Gasteiger partial charge in [0, 0.05) is 0 Å². The molecule has 0 bridgehead atoms. The molecule has 1 heterocycles. The second kappa shape index (κ2) is 6.75. The van der Waals surface area contributed by atoms with Crippen molar-refractivity contribution in [2.24, 2.45) is 0 Å². The summed E-state index contributed by atoms with van der Waals surface area (Å²) in [6.45, 7) is 3.89. The van der Waals surface area contributed by atoms with Gasteiger partial charge in [-0.15, -0.1) is 5.10 Å². The molecule has 26 heavy (non-hydrogen) atoms. The molecule has 1 atom stereocenters. The summed E-state index contributed by atoms with van der Waals surface area (Å²) in [4.78, 5) is 17.1. The van der Waals surface area contributed by atoms with Crippen LogP contribution in [0.15, 0.2) is 48.5 Å². The van der Waals surface area contributed by atoms with E-state index in [2.05, 4.69) is 33.6 Å². The van der Waals surface area contributed by atoms with Crippen LogP contribution < -0.4 is 5.32 Å². The number of hydrogen-bond donors (Lipinski definition) is 1. The second-order valence-electron chi connectivity index (χ2n) is 6.80. The van der Waals surface area contributed by atoms with Gasteiger partial charge in [-0.25, -0.2) is 9.67 Å². The minimum Gasteiger partial charge on any atom is -0.342 e. The number of rotatable bonds is 3. The van der Waals surface area contributed by atoms with Crippen LogP contribution in [0.1, 0.15) is 52.0 Å². The molecule has 0 aliphatic heterocycles. The van der Waals surface area contributed by atoms with Crippen LogP contribution in [0.2, 0.25) is 0 Å². The summed E-state index contributed by atoms with van der Waals surface area (Å²) in [6, 6.07) is 16.3. The lowest BCUT2D eigenvalue weighted by Gasteiger charge is -2.25. The zero-order chi connectivity index (χ0) is 18.1. The highest BCUT2D eigenvalue weighted by Gasteiger charge is 2.24. The molecule has 1 aliphatic carbocycles. The third-order valence-electron chi connectivity index (χ3n) is 4.99. The number of aromatic nitrogens is 3. The lowest BCUT2D eigenvalue weighted by Crippen LogP contribution is -2.31. The monoisotopic (exact) mass is 346 g/mol. The molecular weight excluding hydrogens is 324 g/mol. The number of aryl methyl sites for hydroxylation is 3. The SMILES string of the molecule is Cc1ccccc1-n1nc(C(=O)N[C@@H]2CCCc3ccccc32)nc1C. The maximum atomic E-state index is 12.8. The molecule has 0 unspecified atom stereocenters. The molecule has 0 saturated heterocycles. The molecule has 1 aromatic heterocycles. The number of carbonyl (C=O) groups is 1. The van der Waals surface area contributed by atoms with Gasteiger partial charge in [0.25, 0.3) is 5.91 Å². The van der Waals surface area contributed by atoms with Crippen molar-refractivity contribution in [3.63, 3.8) is 0 Å². The molecule has 5 heteroatoms. The summed E-state index contributed by atoms with van der Waals surface area (Å²) >= 11 is 0. The highest BCUT2D eigenvalue weighted by atomic mass is 16.2. The van der Waals surface area contributed by atoms with Crippen LogP contribution in [0.25, 0.3) is 5.69 Å². The van der Waals surface area contributed by atoms with Gasteiger partial charge in [-0.2, -0.15) is 0 Å². The third-order valence-corrected chi connectivity index (χ3v) is 4.99. The molecule has 2 aromatic carbocycles. The first-order valence-electron chi connectivity index (χ1n) is 9.02. The minimum atomic E-state index is -0.220. The third kappa shape index (κ3) is 3.01. The van der Waals surface area contributed by atoms with E-state index in [0.717, 1.165) is 30.5 Å². The Kier molecular flexibility index (Phi) is 4.29. The number of benzene rings is 2. The van der Waals surface area contributed by atoms with Gasteiger partial charge >= 0.3 is 0 Å². The van der Waals surface area contributed by atoms with E-state index in [-0.39, 0.29) is 17.8 Å². The van der Waals surface area contributed by atoms with Gasteiger partial charge in [0.05, 0.1) is 11.7 Å². The molecule has 0 saturated carbocycles. The van der Waals surface area contributed by atoms with E-state index in [1.165, 1.54) is 11.1 Å². The van der Waals surface area contributed by atoms with Crippen LogP contribution in [0.3, 0.4) is 0 Å². The van der Waals surface area contributed by atoms with Gasteiger partial charge in [-0.3, -0.25) is 4.79 Å². The molecule has 1 aliphatic rings. The summed E-state index contributed by atoms with van der Waals surface area (Å²) in [7, 11) is 0. The molecule has 0 fully saturated rings. The summed E-state index contributed by atoms with van der Waals surface area (Å²) in [5.41, 5.74) is 4.56. The average Bonchev–Trinajstić information content (AvgIpc) is 3.04. The van der Waals surface area contributed by atoms with E-state index in [4.69, 9.17) is 0 Å². The largest absolute Gasteiger partial charge is 0.342 e. The average molecular weight is 346 g/mol. The van der Waals surface area contributed by atoms with E-state index >= 15 is 0 Å². The van der Waals surface area contributed by atoms with Crippen LogP contribution in [0.4, 0.5) is 0 Å². The first kappa shape index (κ1) is 16.5. The molecule has 0 spiro atoms. The first-order valence-corrected chi connectivity index (χ1v) is 9.02. The first-order chi connectivity index (χ1) is 12.6. The van der Waals surface area contributed by atoms with Crippen molar-refractivity contribution >= 4 is 5.91 Å². The van der Waals surface area contributed by atoms with Crippen molar-refractivity contribution in [2.45, 2.75) is 39.2 Å². The Hall–Kier alpha value is -2.95. The standard InChI is InChI=1S/C21H22N4O/c1-14-8-3-6-13-19(14)25-15(2)22-20(24-25)21(26)23-18-12-7-10-16-9-4-5-11-17(16)18/h3-6,8-9,11,13,18H,7,10,12H2,1-2H3,(H,23,26)/t18-/m1/s1. The number of carbonyl (C=O) groups excluding carboxylic acids is 1. The number of nitrogens with one attached hydrogen (secondary N) is 1. The Morgan fingerprint density at radius 3 is 2.73 bits per heavy atom. The Morgan fingerprint density at radius 1 is 1.12 bits per heavy atom. The summed E-state index contributed by atoms with van der Waals surface area (Å²) in [5.74, 6) is 0.699. The molecule has 5 nitrogen and oxygen atoms in total. The molecular formula is C21H22N4O. The van der Waals surface area contributed by atoms with Crippen LogP contribution >= 0.6 is 0 Å². The molecule has 0 radical (unpaired) electrons. The van der Waals surface area contributed by atoms with E-state index in [9.17, 15) is 4.79 Å². The highest BCUT2D eigenvalue weighted by Crippen LogP contribution is 2.29. The Balaban J connectivity index is 1.59. The highest BCUT2D eigenvalue weighted by molar-refractivity contribution is 5.90.